The van der Waals surface area contributed by atoms with Gasteiger partial charge in [-0.1, -0.05) is 0 Å². The maximum Gasteiger partial charge on any atom is 1.00 e. The second kappa shape index (κ2) is 14.1. The largest absolute Gasteiger partial charge is 1.00 e. The predicted octanol–water partition coefficient (Wildman–Crippen LogP) is -6.15. The Balaban J connectivity index is -0.0000000922. The predicted molar refractivity (Wildman–Crippen MR) is 54.0 cm³/mol. The zero-order chi connectivity index (χ0) is 14.7. The third-order valence-corrected chi connectivity index (χ3v) is 2.08. The molecule has 0 fully saturated rings. The maximum absolute atomic E-state index is 9.63. The molecule has 11 nitrogen and oxygen atoms in total. The first-order chi connectivity index (χ1) is 7.35. The van der Waals surface area contributed by atoms with Crippen LogP contribution in [0, 0.1) is 0 Å². The molecular formula is C4H15N2NaO9P2. The van der Waals surface area contributed by atoms with E-state index in [9.17, 15) is 9.13 Å². The van der Waals surface area contributed by atoms with Crippen LogP contribution in [0.25, 0.3) is 0 Å². The molecule has 0 heterocycles. The van der Waals surface area contributed by atoms with E-state index in [4.69, 9.17) is 40.9 Å². The summed E-state index contributed by atoms with van der Waals surface area (Å²) in [5, 5.41) is 8.89. The van der Waals surface area contributed by atoms with Crippen molar-refractivity contribution in [2.45, 2.75) is 6.92 Å². The number of rotatable bonds is 3. The fraction of sp³-hybridized carbons (Fsp3) is 0.750. The summed E-state index contributed by atoms with van der Waals surface area (Å²) in [5.74, 6) is -1.08. The van der Waals surface area contributed by atoms with E-state index in [-0.39, 0.29) is 29.6 Å². The molecule has 106 valence electrons. The van der Waals surface area contributed by atoms with Crippen molar-refractivity contribution >= 4 is 21.6 Å². The summed E-state index contributed by atoms with van der Waals surface area (Å²) >= 11 is 0. The number of carbonyl (C=O) groups excluding carboxylic acids is 1. The number of hydrogen-bond donors (Lipinski definition) is 6. The van der Waals surface area contributed by atoms with E-state index < -0.39 is 21.6 Å². The molecule has 0 bridgehead atoms. The van der Waals surface area contributed by atoms with Crippen LogP contribution >= 0.6 is 15.6 Å². The zero-order valence-corrected chi connectivity index (χ0v) is 13.6. The van der Waals surface area contributed by atoms with Crippen LogP contribution in [0.3, 0.4) is 0 Å². The van der Waals surface area contributed by atoms with Crippen LogP contribution in [0.4, 0.5) is 0 Å². The Labute approximate surface area is 125 Å². The number of hydrogen-bond acceptors (Lipinski definition) is 7. The Bertz CT molecular complexity index is 262. The van der Waals surface area contributed by atoms with Gasteiger partial charge in [-0.05, 0) is 6.92 Å². The van der Waals surface area contributed by atoms with Gasteiger partial charge in [0.05, 0.1) is 0 Å². The Kier molecular flexibility index (Phi) is 21.2. The number of carbonyl (C=O) groups is 1. The fourth-order valence-electron chi connectivity index (χ4n) is 0.139. The third-order valence-electron chi connectivity index (χ3n) is 0.379. The van der Waals surface area contributed by atoms with E-state index in [2.05, 4.69) is 4.31 Å². The first-order valence-corrected chi connectivity index (χ1v) is 6.82. The molecule has 18 heavy (non-hydrogen) atoms. The quantitative estimate of drug-likeness (QED) is 0.212. The number of nitrogens with two attached hydrogens (primary N) is 2. The van der Waals surface area contributed by atoms with Gasteiger partial charge in [0.2, 0.25) is 0 Å². The third kappa shape index (κ3) is 69.7. The molecular weight excluding hydrogens is 305 g/mol. The Morgan fingerprint density at radius 1 is 1.11 bits per heavy atom. The van der Waals surface area contributed by atoms with Crippen LogP contribution in [0.1, 0.15) is 6.92 Å². The molecule has 0 spiro atoms. The molecule has 0 radical (unpaired) electrons. The van der Waals surface area contributed by atoms with Crippen LogP contribution in [-0.2, 0) is 18.2 Å². The average molecular weight is 320 g/mol. The SMILES string of the molecule is CC(=O)[O-].NCCN.O=P(O)(O)OP(=O)(O)O.[Na+]. The van der Waals surface area contributed by atoms with Crippen LogP contribution in [0.15, 0.2) is 0 Å². The molecule has 0 saturated heterocycles. The second-order valence-corrected chi connectivity index (χ2v) is 4.75. The normalized spacial score (nSPS) is 9.94. The van der Waals surface area contributed by atoms with Crippen molar-refractivity contribution in [1.29, 1.82) is 0 Å². The van der Waals surface area contributed by atoms with Crippen LogP contribution in [0.5, 0.6) is 0 Å². The van der Waals surface area contributed by atoms with Gasteiger partial charge in [-0.2, -0.15) is 4.31 Å². The van der Waals surface area contributed by atoms with Crippen LogP contribution < -0.4 is 46.1 Å². The summed E-state index contributed by atoms with van der Waals surface area (Å²) in [4.78, 5) is 39.9. The van der Waals surface area contributed by atoms with Gasteiger partial charge in [-0.15, -0.1) is 0 Å². The Hall–Kier alpha value is 0.650. The first kappa shape index (κ1) is 27.1. The molecule has 0 aliphatic carbocycles. The van der Waals surface area contributed by atoms with Crippen molar-refractivity contribution in [2.24, 2.45) is 11.5 Å². The number of carboxylic acids is 1. The molecule has 14 heteroatoms. The van der Waals surface area contributed by atoms with Gasteiger partial charge in [0.15, 0.2) is 0 Å². The van der Waals surface area contributed by atoms with Gasteiger partial charge >= 0.3 is 45.2 Å². The molecule has 0 unspecified atom stereocenters. The minimum Gasteiger partial charge on any atom is -0.550 e. The van der Waals surface area contributed by atoms with Crippen LogP contribution in [0.2, 0.25) is 0 Å². The Morgan fingerprint density at radius 3 is 1.28 bits per heavy atom. The first-order valence-electron chi connectivity index (χ1n) is 3.76. The molecule has 0 amide bonds. The van der Waals surface area contributed by atoms with Crippen molar-refractivity contribution in [1.82, 2.24) is 0 Å². The second-order valence-electron chi connectivity index (χ2n) is 2.13. The van der Waals surface area contributed by atoms with E-state index >= 15 is 0 Å². The van der Waals surface area contributed by atoms with Crippen molar-refractivity contribution in [3.05, 3.63) is 0 Å². The van der Waals surface area contributed by atoms with E-state index in [0.29, 0.717) is 13.1 Å². The van der Waals surface area contributed by atoms with Gasteiger partial charge in [0, 0.05) is 19.1 Å². The number of phosphoric acid groups is 2. The monoisotopic (exact) mass is 320 g/mol. The van der Waals surface area contributed by atoms with Gasteiger partial charge in [0.1, 0.15) is 0 Å². The summed E-state index contributed by atoms with van der Waals surface area (Å²) in [6, 6.07) is 0. The summed E-state index contributed by atoms with van der Waals surface area (Å²) in [6.07, 6.45) is 0. The fourth-order valence-corrected chi connectivity index (χ4v) is 1.25. The number of aliphatic carboxylic acids is 1. The molecule has 0 saturated carbocycles. The molecule has 8 N–H and O–H groups in total. The van der Waals surface area contributed by atoms with Crippen molar-refractivity contribution in [3.8, 4) is 0 Å². The minimum atomic E-state index is -5.05. The van der Waals surface area contributed by atoms with Gasteiger partial charge in [0.25, 0.3) is 0 Å². The summed E-state index contributed by atoms with van der Waals surface area (Å²) in [7, 11) is -10.1. The topological polar surface area (TPSA) is 216 Å². The molecule has 0 aromatic rings. The van der Waals surface area contributed by atoms with Crippen molar-refractivity contribution in [2.75, 3.05) is 13.1 Å². The van der Waals surface area contributed by atoms with Crippen molar-refractivity contribution < 1.29 is 72.5 Å². The van der Waals surface area contributed by atoms with E-state index in [0.717, 1.165) is 6.92 Å². The molecule has 0 atom stereocenters. The van der Waals surface area contributed by atoms with Gasteiger partial charge < -0.3 is 40.9 Å². The van der Waals surface area contributed by atoms with Crippen LogP contribution in [-0.4, -0.2) is 38.6 Å². The molecule has 0 aromatic carbocycles. The Morgan fingerprint density at radius 2 is 1.28 bits per heavy atom. The summed E-state index contributed by atoms with van der Waals surface area (Å²) in [6.45, 7) is 2.17. The molecule has 0 aromatic heterocycles. The maximum atomic E-state index is 9.63. The van der Waals surface area contributed by atoms with Gasteiger partial charge in [-0.25, -0.2) is 9.13 Å². The van der Waals surface area contributed by atoms with E-state index in [1.54, 1.807) is 0 Å². The minimum absolute atomic E-state index is 0. The van der Waals surface area contributed by atoms with E-state index in [1.165, 1.54) is 0 Å². The molecule has 0 rings (SSSR count). The van der Waals surface area contributed by atoms with E-state index in [1.807, 2.05) is 0 Å². The molecule has 0 aliphatic rings. The van der Waals surface area contributed by atoms with Gasteiger partial charge in [-0.3, -0.25) is 0 Å². The average Bonchev–Trinajstić information content (AvgIpc) is 1.96. The smallest absolute Gasteiger partial charge is 0.550 e. The molecule has 0 aliphatic heterocycles. The van der Waals surface area contributed by atoms with Crippen molar-refractivity contribution in [3.63, 3.8) is 0 Å². The summed E-state index contributed by atoms with van der Waals surface area (Å²) in [5.41, 5.74) is 9.81. The zero-order valence-electron chi connectivity index (χ0n) is 9.79. The summed E-state index contributed by atoms with van der Waals surface area (Å²) < 4.78 is 22.2. The number of carboxylic acid groups (broad SMARTS) is 1. The standard InChI is InChI=1S/C2H8N2.C2H4O2.Na.H4O7P2/c3-1-2-4;1-2(3)4;;1-8(2,3)7-9(4,5)6/h1-4H2;1H3,(H,3,4);;(H2,1,2,3)(H2,4,5,6)/q;;+1;/p-1.